The SMILES string of the molecule is CCC1(OCc2cc3c4ccccc4ccc3c3ccccc23)CCCC=N1. The molecule has 28 heavy (non-hydrogen) atoms. The largest absolute Gasteiger partial charge is 0.349 e. The second kappa shape index (κ2) is 7.03. The Morgan fingerprint density at radius 3 is 2.39 bits per heavy atom. The molecule has 1 aliphatic rings. The zero-order valence-corrected chi connectivity index (χ0v) is 16.3. The molecular weight excluding hydrogens is 342 g/mol. The van der Waals surface area contributed by atoms with Gasteiger partial charge in [-0.2, -0.15) is 0 Å². The van der Waals surface area contributed by atoms with Crippen LogP contribution in [0, 0.1) is 0 Å². The van der Waals surface area contributed by atoms with Crippen LogP contribution in [0.25, 0.3) is 32.3 Å². The summed E-state index contributed by atoms with van der Waals surface area (Å²) in [4.78, 5) is 4.74. The number of benzene rings is 4. The van der Waals surface area contributed by atoms with Crippen molar-refractivity contribution in [3.05, 3.63) is 72.3 Å². The van der Waals surface area contributed by atoms with Crippen molar-refractivity contribution in [3.63, 3.8) is 0 Å². The summed E-state index contributed by atoms with van der Waals surface area (Å²) in [6.45, 7) is 2.76. The monoisotopic (exact) mass is 367 g/mol. The molecule has 2 nitrogen and oxygen atoms in total. The Bertz CT molecular complexity index is 1190. The number of ether oxygens (including phenoxy) is 1. The highest BCUT2D eigenvalue weighted by Gasteiger charge is 2.29. The van der Waals surface area contributed by atoms with Gasteiger partial charge in [0, 0.05) is 6.21 Å². The molecule has 0 amide bonds. The normalized spacial score (nSPS) is 19.6. The lowest BCUT2D eigenvalue weighted by atomic mass is 9.94. The summed E-state index contributed by atoms with van der Waals surface area (Å²) in [6.07, 6.45) is 6.18. The van der Waals surface area contributed by atoms with E-state index in [9.17, 15) is 0 Å². The van der Waals surface area contributed by atoms with Gasteiger partial charge in [0.25, 0.3) is 0 Å². The lowest BCUT2D eigenvalue weighted by Crippen LogP contribution is -2.31. The average molecular weight is 367 g/mol. The van der Waals surface area contributed by atoms with Gasteiger partial charge in [0.05, 0.1) is 6.61 Å². The van der Waals surface area contributed by atoms with Gasteiger partial charge in [-0.3, -0.25) is 4.99 Å². The number of fused-ring (bicyclic) bond motifs is 5. The molecule has 2 heteroatoms. The molecule has 0 saturated heterocycles. The fourth-order valence-electron chi connectivity index (χ4n) is 4.51. The minimum Gasteiger partial charge on any atom is -0.349 e. The summed E-state index contributed by atoms with van der Waals surface area (Å²) in [5, 5.41) is 7.75. The van der Waals surface area contributed by atoms with Gasteiger partial charge < -0.3 is 4.74 Å². The van der Waals surface area contributed by atoms with Crippen molar-refractivity contribution in [3.8, 4) is 0 Å². The first-order valence-electron chi connectivity index (χ1n) is 10.3. The second-order valence-corrected chi connectivity index (χ2v) is 7.76. The number of rotatable bonds is 4. The average Bonchev–Trinajstić information content (AvgIpc) is 2.78. The van der Waals surface area contributed by atoms with Gasteiger partial charge in [-0.05, 0) is 69.6 Å². The van der Waals surface area contributed by atoms with Gasteiger partial charge in [-0.15, -0.1) is 0 Å². The van der Waals surface area contributed by atoms with Crippen molar-refractivity contribution < 1.29 is 4.74 Å². The van der Waals surface area contributed by atoms with E-state index >= 15 is 0 Å². The van der Waals surface area contributed by atoms with Crippen LogP contribution >= 0.6 is 0 Å². The highest BCUT2D eigenvalue weighted by Crippen LogP contribution is 2.35. The molecule has 0 fully saturated rings. The van der Waals surface area contributed by atoms with Crippen molar-refractivity contribution in [2.24, 2.45) is 4.99 Å². The van der Waals surface area contributed by atoms with Gasteiger partial charge >= 0.3 is 0 Å². The van der Waals surface area contributed by atoms with Crippen LogP contribution in [0.4, 0.5) is 0 Å². The summed E-state index contributed by atoms with van der Waals surface area (Å²) < 4.78 is 6.48. The lowest BCUT2D eigenvalue weighted by Gasteiger charge is -2.31. The van der Waals surface area contributed by atoms with Crippen molar-refractivity contribution in [2.75, 3.05) is 0 Å². The smallest absolute Gasteiger partial charge is 0.158 e. The van der Waals surface area contributed by atoms with Crippen LogP contribution in [0.2, 0.25) is 0 Å². The van der Waals surface area contributed by atoms with E-state index in [1.54, 1.807) is 0 Å². The van der Waals surface area contributed by atoms with Crippen LogP contribution in [-0.4, -0.2) is 11.9 Å². The highest BCUT2D eigenvalue weighted by atomic mass is 16.5. The zero-order chi connectivity index (χ0) is 19.0. The molecule has 1 aliphatic heterocycles. The zero-order valence-electron chi connectivity index (χ0n) is 16.3. The Labute approximate surface area is 165 Å². The molecule has 0 aromatic heterocycles. The molecule has 4 aromatic carbocycles. The van der Waals surface area contributed by atoms with E-state index in [0.717, 1.165) is 25.7 Å². The van der Waals surface area contributed by atoms with Crippen molar-refractivity contribution in [2.45, 2.75) is 44.9 Å². The van der Waals surface area contributed by atoms with Crippen LogP contribution < -0.4 is 0 Å². The quantitative estimate of drug-likeness (QED) is 0.355. The molecule has 1 atom stereocenters. The Hall–Kier alpha value is -2.71. The van der Waals surface area contributed by atoms with Gasteiger partial charge in [0.1, 0.15) is 0 Å². The maximum atomic E-state index is 6.48. The third-order valence-corrected chi connectivity index (χ3v) is 6.13. The summed E-state index contributed by atoms with van der Waals surface area (Å²) in [7, 11) is 0. The predicted octanol–water partition coefficient (Wildman–Crippen LogP) is 7.02. The minimum atomic E-state index is -0.354. The number of nitrogens with zero attached hydrogens (tertiary/aromatic N) is 1. The Morgan fingerprint density at radius 1 is 0.857 bits per heavy atom. The minimum absolute atomic E-state index is 0.354. The maximum absolute atomic E-state index is 6.48. The predicted molar refractivity (Wildman–Crippen MR) is 119 cm³/mol. The number of hydrogen-bond acceptors (Lipinski definition) is 2. The second-order valence-electron chi connectivity index (χ2n) is 7.76. The molecule has 0 spiro atoms. The molecule has 0 bridgehead atoms. The first-order valence-corrected chi connectivity index (χ1v) is 10.3. The Morgan fingerprint density at radius 2 is 1.61 bits per heavy atom. The third kappa shape index (κ3) is 2.89. The van der Waals surface area contributed by atoms with Crippen molar-refractivity contribution in [1.29, 1.82) is 0 Å². The topological polar surface area (TPSA) is 21.6 Å². The van der Waals surface area contributed by atoms with E-state index in [0.29, 0.717) is 6.61 Å². The molecule has 1 unspecified atom stereocenters. The number of hydrogen-bond donors (Lipinski definition) is 0. The lowest BCUT2D eigenvalue weighted by molar-refractivity contribution is -0.0615. The van der Waals surface area contributed by atoms with E-state index in [-0.39, 0.29) is 5.72 Å². The van der Waals surface area contributed by atoms with E-state index < -0.39 is 0 Å². The molecule has 140 valence electrons. The highest BCUT2D eigenvalue weighted by molar-refractivity contribution is 6.18. The van der Waals surface area contributed by atoms with Gasteiger partial charge in [-0.25, -0.2) is 0 Å². The maximum Gasteiger partial charge on any atom is 0.158 e. The van der Waals surface area contributed by atoms with E-state index in [1.807, 2.05) is 6.21 Å². The van der Waals surface area contributed by atoms with Gasteiger partial charge in [0.15, 0.2) is 5.72 Å². The molecule has 4 aromatic rings. The van der Waals surface area contributed by atoms with E-state index in [2.05, 4.69) is 73.7 Å². The molecule has 0 N–H and O–H groups in total. The van der Waals surface area contributed by atoms with Gasteiger partial charge in [-0.1, -0.05) is 67.6 Å². The third-order valence-electron chi connectivity index (χ3n) is 6.13. The number of aliphatic imine (C=N–C) groups is 1. The van der Waals surface area contributed by atoms with Crippen LogP contribution in [0.15, 0.2) is 71.7 Å². The summed E-state index contributed by atoms with van der Waals surface area (Å²) in [5.41, 5.74) is 0.889. The van der Waals surface area contributed by atoms with E-state index in [1.165, 1.54) is 37.9 Å². The van der Waals surface area contributed by atoms with Crippen molar-refractivity contribution in [1.82, 2.24) is 0 Å². The first kappa shape index (κ1) is 17.4. The van der Waals surface area contributed by atoms with Crippen molar-refractivity contribution >= 4 is 38.5 Å². The Kier molecular flexibility index (Phi) is 4.37. The summed E-state index contributed by atoms with van der Waals surface area (Å²) in [5.74, 6) is 0. The van der Waals surface area contributed by atoms with E-state index in [4.69, 9.17) is 9.73 Å². The van der Waals surface area contributed by atoms with Crippen LogP contribution in [-0.2, 0) is 11.3 Å². The summed E-state index contributed by atoms with van der Waals surface area (Å²) >= 11 is 0. The Balaban J connectivity index is 1.67. The molecule has 1 heterocycles. The summed E-state index contributed by atoms with van der Waals surface area (Å²) in [6, 6.07) is 24.1. The van der Waals surface area contributed by atoms with Gasteiger partial charge in [0.2, 0.25) is 0 Å². The fourth-order valence-corrected chi connectivity index (χ4v) is 4.51. The molecule has 0 aliphatic carbocycles. The fraction of sp³-hybridized carbons (Fsp3) is 0.269. The molecule has 0 saturated carbocycles. The molecule has 0 radical (unpaired) electrons. The molecular formula is C26H25NO. The van der Waals surface area contributed by atoms with Crippen LogP contribution in [0.3, 0.4) is 0 Å². The molecule has 5 rings (SSSR count). The first-order chi connectivity index (χ1) is 13.8. The van der Waals surface area contributed by atoms with Crippen LogP contribution in [0.1, 0.15) is 38.2 Å². The standard InChI is InChI=1S/C26H25NO/c1-2-26(15-7-8-16-27-26)28-18-20-17-25-21-10-4-3-9-19(21)13-14-24(25)23-12-6-5-11-22(20)23/h3-6,9-14,16-17H,2,7-8,15,18H2,1H3. The van der Waals surface area contributed by atoms with Crippen LogP contribution in [0.5, 0.6) is 0 Å².